The second-order valence-electron chi connectivity index (χ2n) is 3.55. The zero-order valence-corrected chi connectivity index (χ0v) is 8.10. The third-order valence-electron chi connectivity index (χ3n) is 2.58. The molecule has 0 saturated carbocycles. The lowest BCUT2D eigenvalue weighted by atomic mass is 9.98. The number of pyridine rings is 1. The highest BCUT2D eigenvalue weighted by Crippen LogP contribution is 2.37. The van der Waals surface area contributed by atoms with Gasteiger partial charge in [-0.2, -0.15) is 0 Å². The highest BCUT2D eigenvalue weighted by atomic mass is 16.5. The molecule has 3 heteroatoms. The van der Waals surface area contributed by atoms with Crippen LogP contribution in [0.2, 0.25) is 0 Å². The van der Waals surface area contributed by atoms with Crippen LogP contribution in [0, 0.1) is 0 Å². The summed E-state index contributed by atoms with van der Waals surface area (Å²) >= 11 is 0. The maximum atomic E-state index is 5.67. The summed E-state index contributed by atoms with van der Waals surface area (Å²) in [6, 6.07) is 10.0. The molecule has 1 aliphatic heterocycles. The van der Waals surface area contributed by atoms with E-state index in [9.17, 15) is 0 Å². The Kier molecular flexibility index (Phi) is 1.65. The molecule has 1 aromatic heterocycles. The molecule has 0 unspecified atom stereocenters. The van der Waals surface area contributed by atoms with Gasteiger partial charge in [-0.1, -0.05) is 24.3 Å². The third-order valence-corrected chi connectivity index (χ3v) is 2.58. The smallest absolute Gasteiger partial charge is 0.146 e. The summed E-state index contributed by atoms with van der Waals surface area (Å²) in [5.41, 5.74) is 9.08. The van der Waals surface area contributed by atoms with E-state index < -0.39 is 0 Å². The molecule has 0 saturated heterocycles. The summed E-state index contributed by atoms with van der Waals surface area (Å²) in [4.78, 5) is 4.02. The Labute approximate surface area is 87.5 Å². The lowest BCUT2D eigenvalue weighted by Gasteiger charge is -2.20. The van der Waals surface area contributed by atoms with Crippen molar-refractivity contribution in [2.75, 3.05) is 5.73 Å². The van der Waals surface area contributed by atoms with Crippen molar-refractivity contribution in [2.24, 2.45) is 0 Å². The Morgan fingerprint density at radius 3 is 3.00 bits per heavy atom. The molecule has 0 spiro atoms. The fourth-order valence-electron chi connectivity index (χ4n) is 1.85. The van der Waals surface area contributed by atoms with E-state index >= 15 is 0 Å². The van der Waals surface area contributed by atoms with Crippen LogP contribution in [0.25, 0.3) is 11.1 Å². The van der Waals surface area contributed by atoms with Gasteiger partial charge < -0.3 is 10.5 Å². The van der Waals surface area contributed by atoms with Crippen LogP contribution in [0.1, 0.15) is 5.56 Å². The van der Waals surface area contributed by atoms with Crippen LogP contribution in [-0.4, -0.2) is 4.98 Å². The zero-order valence-electron chi connectivity index (χ0n) is 8.10. The van der Waals surface area contributed by atoms with E-state index in [0.717, 1.165) is 11.3 Å². The molecule has 3 nitrogen and oxygen atoms in total. The maximum Gasteiger partial charge on any atom is 0.146 e. The second-order valence-corrected chi connectivity index (χ2v) is 3.55. The lowest BCUT2D eigenvalue weighted by Crippen LogP contribution is -2.06. The Morgan fingerprint density at radius 2 is 2.07 bits per heavy atom. The van der Waals surface area contributed by atoms with Gasteiger partial charge in [-0.15, -0.1) is 0 Å². The second kappa shape index (κ2) is 2.98. The van der Waals surface area contributed by atoms with Gasteiger partial charge >= 0.3 is 0 Å². The summed E-state index contributed by atoms with van der Waals surface area (Å²) in [7, 11) is 0. The van der Waals surface area contributed by atoms with Crippen molar-refractivity contribution in [1.82, 2.24) is 4.98 Å². The van der Waals surface area contributed by atoms with Gasteiger partial charge in [-0.3, -0.25) is 0 Å². The number of anilines is 1. The molecule has 1 aliphatic rings. The molecular weight excluding hydrogens is 188 g/mol. The number of fused-ring (bicyclic) bond motifs is 3. The summed E-state index contributed by atoms with van der Waals surface area (Å²) in [5, 5.41) is 0. The van der Waals surface area contributed by atoms with E-state index in [-0.39, 0.29) is 0 Å². The number of aromatic nitrogens is 1. The van der Waals surface area contributed by atoms with Crippen molar-refractivity contribution in [2.45, 2.75) is 6.61 Å². The minimum atomic E-state index is 0.522. The van der Waals surface area contributed by atoms with Gasteiger partial charge in [-0.25, -0.2) is 4.98 Å². The monoisotopic (exact) mass is 198 g/mol. The molecule has 2 aromatic rings. The Bertz CT molecular complexity index is 523. The van der Waals surface area contributed by atoms with Gasteiger partial charge in [0.2, 0.25) is 0 Å². The highest BCUT2D eigenvalue weighted by Gasteiger charge is 2.16. The molecule has 2 heterocycles. The maximum absolute atomic E-state index is 5.67. The topological polar surface area (TPSA) is 48.1 Å². The van der Waals surface area contributed by atoms with Crippen LogP contribution in [0.4, 0.5) is 5.82 Å². The fraction of sp³-hybridized carbons (Fsp3) is 0.0833. The van der Waals surface area contributed by atoms with Gasteiger partial charge in [-0.05, 0) is 17.2 Å². The number of benzene rings is 1. The third kappa shape index (κ3) is 1.24. The number of nitrogens with zero attached hydrogens (tertiary/aromatic N) is 1. The van der Waals surface area contributed by atoms with E-state index in [4.69, 9.17) is 10.5 Å². The molecule has 0 aliphatic carbocycles. The van der Waals surface area contributed by atoms with Crippen molar-refractivity contribution in [1.29, 1.82) is 0 Å². The minimum absolute atomic E-state index is 0.522. The zero-order chi connectivity index (χ0) is 10.3. The molecule has 3 rings (SSSR count). The van der Waals surface area contributed by atoms with Crippen LogP contribution in [0.15, 0.2) is 36.5 Å². The Hall–Kier alpha value is -2.03. The molecular formula is C12H10N2O. The van der Waals surface area contributed by atoms with E-state index in [0.29, 0.717) is 12.4 Å². The molecule has 1 aromatic carbocycles. The molecule has 15 heavy (non-hydrogen) atoms. The largest absolute Gasteiger partial charge is 0.487 e. The van der Waals surface area contributed by atoms with Crippen molar-refractivity contribution in [3.05, 3.63) is 42.1 Å². The molecule has 0 bridgehead atoms. The SMILES string of the molecule is Nc1cc2c(cn1)OCc1ccccc1-2. The van der Waals surface area contributed by atoms with Gasteiger partial charge in [0.15, 0.2) is 0 Å². The Morgan fingerprint density at radius 1 is 1.20 bits per heavy atom. The first-order valence-corrected chi connectivity index (χ1v) is 4.81. The standard InChI is InChI=1S/C12H10N2O/c13-12-5-10-9-4-2-1-3-8(9)7-15-11(10)6-14-12/h1-6H,7H2,(H2,13,14). The van der Waals surface area contributed by atoms with Gasteiger partial charge in [0.25, 0.3) is 0 Å². The molecule has 0 amide bonds. The van der Waals surface area contributed by atoms with E-state index in [1.165, 1.54) is 11.1 Å². The first-order valence-electron chi connectivity index (χ1n) is 4.81. The molecule has 0 atom stereocenters. The first-order chi connectivity index (χ1) is 7.34. The average Bonchev–Trinajstić information content (AvgIpc) is 2.29. The predicted octanol–water partition coefficient (Wildman–Crippen LogP) is 2.22. The summed E-state index contributed by atoms with van der Waals surface area (Å²) in [5.74, 6) is 1.33. The van der Waals surface area contributed by atoms with Crippen LogP contribution < -0.4 is 10.5 Å². The molecule has 0 fully saturated rings. The summed E-state index contributed by atoms with van der Waals surface area (Å²) in [6.45, 7) is 0.606. The van der Waals surface area contributed by atoms with Crippen molar-refractivity contribution in [3.8, 4) is 16.9 Å². The quantitative estimate of drug-likeness (QED) is 0.706. The minimum Gasteiger partial charge on any atom is -0.487 e. The van der Waals surface area contributed by atoms with Gasteiger partial charge in [0.1, 0.15) is 18.2 Å². The average molecular weight is 198 g/mol. The summed E-state index contributed by atoms with van der Waals surface area (Å²) in [6.07, 6.45) is 1.68. The van der Waals surface area contributed by atoms with E-state index in [2.05, 4.69) is 17.1 Å². The molecule has 0 radical (unpaired) electrons. The number of ether oxygens (including phenoxy) is 1. The first kappa shape index (κ1) is 8.29. The van der Waals surface area contributed by atoms with Crippen LogP contribution >= 0.6 is 0 Å². The van der Waals surface area contributed by atoms with Crippen LogP contribution in [-0.2, 0) is 6.61 Å². The van der Waals surface area contributed by atoms with E-state index in [1.807, 2.05) is 18.2 Å². The lowest BCUT2D eigenvalue weighted by molar-refractivity contribution is 0.301. The van der Waals surface area contributed by atoms with Crippen LogP contribution in [0.3, 0.4) is 0 Å². The van der Waals surface area contributed by atoms with Crippen LogP contribution in [0.5, 0.6) is 5.75 Å². The van der Waals surface area contributed by atoms with Crippen molar-refractivity contribution < 1.29 is 4.74 Å². The molecule has 74 valence electrons. The Balaban J connectivity index is 2.28. The summed E-state index contributed by atoms with van der Waals surface area (Å²) < 4.78 is 5.59. The van der Waals surface area contributed by atoms with E-state index in [1.54, 1.807) is 6.20 Å². The molecule has 2 N–H and O–H groups in total. The van der Waals surface area contributed by atoms with Gasteiger partial charge in [0.05, 0.1) is 6.20 Å². The number of rotatable bonds is 0. The van der Waals surface area contributed by atoms with Crippen molar-refractivity contribution >= 4 is 5.82 Å². The number of nitrogen functional groups attached to an aromatic ring is 1. The number of hydrogen-bond donors (Lipinski definition) is 1. The fourth-order valence-corrected chi connectivity index (χ4v) is 1.85. The van der Waals surface area contributed by atoms with Gasteiger partial charge in [0, 0.05) is 5.56 Å². The van der Waals surface area contributed by atoms with Crippen molar-refractivity contribution in [3.63, 3.8) is 0 Å². The number of nitrogens with two attached hydrogens (primary N) is 1. The predicted molar refractivity (Wildman–Crippen MR) is 58.4 cm³/mol. The normalized spacial score (nSPS) is 12.5. The highest BCUT2D eigenvalue weighted by molar-refractivity contribution is 5.76. The number of hydrogen-bond acceptors (Lipinski definition) is 3.